The van der Waals surface area contributed by atoms with Crippen LogP contribution < -0.4 is 0 Å². The standard InChI is InChI=1S/C17H24BrNO3/c1-3-21-17(20)8-9-19(2)10-11-22-16-7-4-13-12-14(18)5-6-15(13)16/h5-6,12,16H,3-4,7-11H2,1-2H3/t16-/m0/s1. The van der Waals surface area contributed by atoms with E-state index in [-0.39, 0.29) is 12.1 Å². The van der Waals surface area contributed by atoms with Crippen LogP contribution in [0.15, 0.2) is 22.7 Å². The molecule has 0 aliphatic heterocycles. The maximum absolute atomic E-state index is 11.3. The van der Waals surface area contributed by atoms with Crippen molar-refractivity contribution >= 4 is 21.9 Å². The van der Waals surface area contributed by atoms with E-state index >= 15 is 0 Å². The average molecular weight is 370 g/mol. The van der Waals surface area contributed by atoms with Crippen LogP contribution in [0.25, 0.3) is 0 Å². The van der Waals surface area contributed by atoms with Gasteiger partial charge in [-0.25, -0.2) is 0 Å². The lowest BCUT2D eigenvalue weighted by Crippen LogP contribution is -2.26. The monoisotopic (exact) mass is 369 g/mol. The highest BCUT2D eigenvalue weighted by molar-refractivity contribution is 9.10. The first-order valence-electron chi connectivity index (χ1n) is 7.84. The van der Waals surface area contributed by atoms with Crippen LogP contribution >= 0.6 is 15.9 Å². The minimum atomic E-state index is -0.134. The van der Waals surface area contributed by atoms with Gasteiger partial charge in [0.05, 0.1) is 25.7 Å². The fraction of sp³-hybridized carbons (Fsp3) is 0.588. The lowest BCUT2D eigenvalue weighted by Gasteiger charge is -2.18. The number of fused-ring (bicyclic) bond motifs is 1. The average Bonchev–Trinajstić information content (AvgIpc) is 2.88. The van der Waals surface area contributed by atoms with Gasteiger partial charge in [-0.2, -0.15) is 0 Å². The summed E-state index contributed by atoms with van der Waals surface area (Å²) in [5.41, 5.74) is 2.70. The van der Waals surface area contributed by atoms with Crippen LogP contribution in [0.5, 0.6) is 0 Å². The van der Waals surface area contributed by atoms with E-state index in [1.807, 2.05) is 14.0 Å². The van der Waals surface area contributed by atoms with Crippen molar-refractivity contribution < 1.29 is 14.3 Å². The zero-order valence-corrected chi connectivity index (χ0v) is 14.9. The van der Waals surface area contributed by atoms with E-state index in [2.05, 4.69) is 39.0 Å². The van der Waals surface area contributed by atoms with Crippen molar-refractivity contribution in [3.8, 4) is 0 Å². The summed E-state index contributed by atoms with van der Waals surface area (Å²) in [6.07, 6.45) is 2.78. The molecular weight excluding hydrogens is 346 g/mol. The topological polar surface area (TPSA) is 38.8 Å². The number of hydrogen-bond acceptors (Lipinski definition) is 4. The van der Waals surface area contributed by atoms with Crippen LogP contribution in [0.4, 0.5) is 0 Å². The molecule has 0 heterocycles. The number of nitrogens with zero attached hydrogens (tertiary/aromatic N) is 1. The molecule has 1 aliphatic carbocycles. The summed E-state index contributed by atoms with van der Waals surface area (Å²) in [6.45, 7) is 4.48. The van der Waals surface area contributed by atoms with Crippen LogP contribution in [-0.4, -0.2) is 44.2 Å². The van der Waals surface area contributed by atoms with Gasteiger partial charge in [0.1, 0.15) is 0 Å². The minimum absolute atomic E-state index is 0.134. The highest BCUT2D eigenvalue weighted by Gasteiger charge is 2.23. The van der Waals surface area contributed by atoms with Crippen molar-refractivity contribution in [1.29, 1.82) is 0 Å². The SMILES string of the molecule is CCOC(=O)CCN(C)CCO[C@H]1CCc2cc(Br)ccc21. The van der Waals surface area contributed by atoms with Crippen molar-refractivity contribution in [3.63, 3.8) is 0 Å². The molecule has 0 amide bonds. The largest absolute Gasteiger partial charge is 0.466 e. The number of benzene rings is 1. The lowest BCUT2D eigenvalue weighted by molar-refractivity contribution is -0.143. The van der Waals surface area contributed by atoms with E-state index in [0.717, 1.165) is 23.9 Å². The second kappa shape index (κ2) is 8.65. The summed E-state index contributed by atoms with van der Waals surface area (Å²) in [5.74, 6) is -0.134. The third-order valence-electron chi connectivity index (χ3n) is 3.92. The van der Waals surface area contributed by atoms with Gasteiger partial charge in [-0.15, -0.1) is 0 Å². The first-order chi connectivity index (χ1) is 10.6. The Morgan fingerprint density at radius 2 is 2.23 bits per heavy atom. The third kappa shape index (κ3) is 5.07. The zero-order valence-electron chi connectivity index (χ0n) is 13.3. The molecule has 22 heavy (non-hydrogen) atoms. The number of aryl methyl sites for hydroxylation is 1. The lowest BCUT2D eigenvalue weighted by atomic mass is 10.1. The number of carbonyl (C=O) groups is 1. The number of rotatable bonds is 8. The van der Waals surface area contributed by atoms with Crippen LogP contribution in [0.3, 0.4) is 0 Å². The Kier molecular flexibility index (Phi) is 6.86. The normalized spacial score (nSPS) is 16.8. The molecule has 2 rings (SSSR count). The van der Waals surface area contributed by atoms with Gasteiger partial charge in [0.2, 0.25) is 0 Å². The van der Waals surface area contributed by atoms with Gasteiger partial charge in [0, 0.05) is 17.6 Å². The van der Waals surface area contributed by atoms with E-state index in [0.29, 0.717) is 26.2 Å². The van der Waals surface area contributed by atoms with Crippen molar-refractivity contribution in [2.24, 2.45) is 0 Å². The van der Waals surface area contributed by atoms with Crippen molar-refractivity contribution in [3.05, 3.63) is 33.8 Å². The van der Waals surface area contributed by atoms with E-state index in [4.69, 9.17) is 9.47 Å². The molecule has 4 nitrogen and oxygen atoms in total. The van der Waals surface area contributed by atoms with Gasteiger partial charge in [0.25, 0.3) is 0 Å². The second-order valence-electron chi connectivity index (χ2n) is 5.60. The molecule has 1 aromatic carbocycles. The summed E-state index contributed by atoms with van der Waals surface area (Å²) in [4.78, 5) is 13.4. The number of esters is 1. The summed E-state index contributed by atoms with van der Waals surface area (Å²) in [5, 5.41) is 0. The van der Waals surface area contributed by atoms with E-state index in [1.54, 1.807) is 0 Å². The van der Waals surface area contributed by atoms with Crippen molar-refractivity contribution in [2.45, 2.75) is 32.3 Å². The number of carbonyl (C=O) groups excluding carboxylic acids is 1. The van der Waals surface area contributed by atoms with E-state index in [1.165, 1.54) is 11.1 Å². The van der Waals surface area contributed by atoms with Crippen LogP contribution in [-0.2, 0) is 20.7 Å². The molecule has 0 fully saturated rings. The fourth-order valence-electron chi connectivity index (χ4n) is 2.70. The number of ether oxygens (including phenoxy) is 2. The molecule has 0 radical (unpaired) electrons. The molecule has 0 saturated heterocycles. The fourth-order valence-corrected chi connectivity index (χ4v) is 3.11. The molecule has 1 atom stereocenters. The van der Waals surface area contributed by atoms with Crippen LogP contribution in [0, 0.1) is 0 Å². The quantitative estimate of drug-likeness (QED) is 0.658. The van der Waals surface area contributed by atoms with Crippen molar-refractivity contribution in [2.75, 3.05) is 33.4 Å². The van der Waals surface area contributed by atoms with Crippen LogP contribution in [0.2, 0.25) is 0 Å². The molecule has 0 unspecified atom stereocenters. The predicted molar refractivity (Wildman–Crippen MR) is 89.9 cm³/mol. The smallest absolute Gasteiger partial charge is 0.307 e. The molecule has 5 heteroatoms. The molecule has 0 spiro atoms. The Labute approximate surface area is 140 Å². The third-order valence-corrected chi connectivity index (χ3v) is 4.42. The van der Waals surface area contributed by atoms with Crippen molar-refractivity contribution in [1.82, 2.24) is 4.90 Å². The highest BCUT2D eigenvalue weighted by atomic mass is 79.9. The van der Waals surface area contributed by atoms with Gasteiger partial charge in [-0.1, -0.05) is 22.0 Å². The Bertz CT molecular complexity index is 507. The maximum Gasteiger partial charge on any atom is 0.307 e. The summed E-state index contributed by atoms with van der Waals surface area (Å²) >= 11 is 3.51. The van der Waals surface area contributed by atoms with Gasteiger partial charge in [-0.3, -0.25) is 4.79 Å². The Morgan fingerprint density at radius 1 is 1.41 bits per heavy atom. The van der Waals surface area contributed by atoms with Crippen LogP contribution in [0.1, 0.15) is 37.0 Å². The molecule has 122 valence electrons. The molecule has 1 aromatic rings. The molecule has 0 saturated carbocycles. The number of halogens is 1. The molecule has 0 N–H and O–H groups in total. The first-order valence-corrected chi connectivity index (χ1v) is 8.63. The predicted octanol–water partition coefficient (Wildman–Crippen LogP) is 3.34. The Balaban J connectivity index is 1.68. The minimum Gasteiger partial charge on any atom is -0.466 e. The highest BCUT2D eigenvalue weighted by Crippen LogP contribution is 2.35. The molecule has 1 aliphatic rings. The van der Waals surface area contributed by atoms with Gasteiger partial charge >= 0.3 is 5.97 Å². The zero-order chi connectivity index (χ0) is 15.9. The molecular formula is C17H24BrNO3. The van der Waals surface area contributed by atoms with Gasteiger partial charge in [-0.05, 0) is 50.1 Å². The number of hydrogen-bond donors (Lipinski definition) is 0. The van der Waals surface area contributed by atoms with Gasteiger partial charge in [0.15, 0.2) is 0 Å². The Hall–Kier alpha value is -0.910. The van der Waals surface area contributed by atoms with E-state index in [9.17, 15) is 4.79 Å². The summed E-state index contributed by atoms with van der Waals surface area (Å²) in [7, 11) is 2.00. The number of likely N-dealkylation sites (N-methyl/N-ethyl adjacent to an activating group) is 1. The summed E-state index contributed by atoms with van der Waals surface area (Å²) in [6, 6.07) is 6.41. The van der Waals surface area contributed by atoms with Gasteiger partial charge < -0.3 is 14.4 Å². The second-order valence-corrected chi connectivity index (χ2v) is 6.52. The summed E-state index contributed by atoms with van der Waals surface area (Å²) < 4.78 is 12.1. The van der Waals surface area contributed by atoms with E-state index < -0.39 is 0 Å². The maximum atomic E-state index is 11.3. The molecule has 0 bridgehead atoms. The Morgan fingerprint density at radius 3 is 3.00 bits per heavy atom. The molecule has 0 aromatic heterocycles. The first kappa shape index (κ1) is 17.4.